The van der Waals surface area contributed by atoms with Gasteiger partial charge in [0, 0.05) is 18.0 Å². The molecule has 1 amide bonds. The van der Waals surface area contributed by atoms with Gasteiger partial charge in [0.15, 0.2) is 0 Å². The van der Waals surface area contributed by atoms with E-state index in [2.05, 4.69) is 4.98 Å². The topological polar surface area (TPSA) is 64.4 Å². The number of thiophene rings is 1. The molecular weight excluding hydrogens is 374 g/mol. The molecule has 1 aromatic carbocycles. The first-order valence-corrected chi connectivity index (χ1v) is 10.2. The maximum atomic E-state index is 13.1. The molecule has 0 N–H and O–H groups in total. The second-order valence-electron chi connectivity index (χ2n) is 7.34. The molecule has 28 heavy (non-hydrogen) atoms. The van der Waals surface area contributed by atoms with Crippen molar-refractivity contribution in [3.63, 3.8) is 0 Å². The van der Waals surface area contributed by atoms with E-state index in [-0.39, 0.29) is 30.2 Å². The first kappa shape index (κ1) is 18.8. The fraction of sp³-hybridized carbons (Fsp3) is 0.381. The first-order chi connectivity index (χ1) is 13.4. The molecule has 7 heteroatoms. The summed E-state index contributed by atoms with van der Waals surface area (Å²) in [6.07, 6.45) is 1.48. The number of rotatable bonds is 3. The monoisotopic (exact) mass is 397 g/mol. The standard InChI is InChI=1S/C21H23N3O3S/c1-13-9-23(10-14(2)27-13)17(25)11-24-12-22-20-18(21(24)26)15(3)19(28-20)16-7-5-4-6-8-16/h4-8,12-14H,9-11H2,1-3H3. The maximum Gasteiger partial charge on any atom is 0.262 e. The molecule has 1 saturated heterocycles. The van der Waals surface area contributed by atoms with Crippen molar-refractivity contribution in [2.24, 2.45) is 0 Å². The summed E-state index contributed by atoms with van der Waals surface area (Å²) in [5.41, 5.74) is 1.82. The molecular formula is C21H23N3O3S. The van der Waals surface area contributed by atoms with E-state index in [1.807, 2.05) is 51.1 Å². The number of hydrogen-bond acceptors (Lipinski definition) is 5. The first-order valence-electron chi connectivity index (χ1n) is 9.41. The summed E-state index contributed by atoms with van der Waals surface area (Å²) in [5, 5.41) is 0.600. The molecule has 2 atom stereocenters. The van der Waals surface area contributed by atoms with Gasteiger partial charge >= 0.3 is 0 Å². The van der Waals surface area contributed by atoms with Gasteiger partial charge in [0.05, 0.1) is 23.9 Å². The van der Waals surface area contributed by atoms with Gasteiger partial charge in [-0.05, 0) is 31.9 Å². The zero-order valence-corrected chi connectivity index (χ0v) is 17.0. The van der Waals surface area contributed by atoms with Gasteiger partial charge in [-0.2, -0.15) is 0 Å². The highest BCUT2D eigenvalue weighted by Crippen LogP contribution is 2.35. The molecule has 0 bridgehead atoms. The highest BCUT2D eigenvalue weighted by atomic mass is 32.1. The third kappa shape index (κ3) is 3.47. The molecule has 1 aliphatic heterocycles. The Morgan fingerprint density at radius 3 is 2.57 bits per heavy atom. The lowest BCUT2D eigenvalue weighted by atomic mass is 10.1. The van der Waals surface area contributed by atoms with Gasteiger partial charge in [0.25, 0.3) is 5.56 Å². The summed E-state index contributed by atoms with van der Waals surface area (Å²) >= 11 is 1.51. The van der Waals surface area contributed by atoms with E-state index < -0.39 is 0 Å². The van der Waals surface area contributed by atoms with Crippen LogP contribution in [-0.4, -0.2) is 45.7 Å². The van der Waals surface area contributed by atoms with Crippen LogP contribution < -0.4 is 5.56 Å². The van der Waals surface area contributed by atoms with Crippen LogP contribution >= 0.6 is 11.3 Å². The number of aryl methyl sites for hydroxylation is 1. The SMILES string of the molecule is Cc1c(-c2ccccc2)sc2ncn(CC(=O)N3CC(C)OC(C)C3)c(=O)c12. The molecule has 1 fully saturated rings. The number of ether oxygens (including phenoxy) is 1. The summed E-state index contributed by atoms with van der Waals surface area (Å²) in [5.74, 6) is -0.0820. The second kappa shape index (κ2) is 7.48. The van der Waals surface area contributed by atoms with E-state index in [1.165, 1.54) is 22.2 Å². The molecule has 3 heterocycles. The normalized spacial score (nSPS) is 19.9. The Labute approximate surface area is 167 Å². The number of morpholine rings is 1. The van der Waals surface area contributed by atoms with Gasteiger partial charge in [-0.3, -0.25) is 14.2 Å². The molecule has 0 spiro atoms. The van der Waals surface area contributed by atoms with Gasteiger partial charge in [0.2, 0.25) is 5.91 Å². The molecule has 1 aliphatic rings. The van der Waals surface area contributed by atoms with E-state index in [9.17, 15) is 9.59 Å². The number of nitrogens with zero attached hydrogens (tertiary/aromatic N) is 3. The zero-order valence-electron chi connectivity index (χ0n) is 16.2. The predicted molar refractivity (Wildman–Crippen MR) is 111 cm³/mol. The van der Waals surface area contributed by atoms with Crippen LogP contribution in [0.3, 0.4) is 0 Å². The van der Waals surface area contributed by atoms with Crippen LogP contribution in [0.4, 0.5) is 0 Å². The van der Waals surface area contributed by atoms with Crippen LogP contribution in [0, 0.1) is 6.92 Å². The van der Waals surface area contributed by atoms with E-state index in [0.29, 0.717) is 23.3 Å². The van der Waals surface area contributed by atoms with Crippen molar-refractivity contribution in [3.8, 4) is 10.4 Å². The number of amides is 1. The number of hydrogen-bond donors (Lipinski definition) is 0. The lowest BCUT2D eigenvalue weighted by Gasteiger charge is -2.35. The van der Waals surface area contributed by atoms with Crippen LogP contribution in [0.25, 0.3) is 20.7 Å². The summed E-state index contributed by atoms with van der Waals surface area (Å²) in [6.45, 7) is 6.94. The fourth-order valence-corrected chi connectivity index (χ4v) is 4.91. The lowest BCUT2D eigenvalue weighted by Crippen LogP contribution is -2.49. The van der Waals surface area contributed by atoms with Crippen molar-refractivity contribution in [1.82, 2.24) is 14.5 Å². The minimum atomic E-state index is -0.163. The summed E-state index contributed by atoms with van der Waals surface area (Å²) in [4.78, 5) is 33.8. The quantitative estimate of drug-likeness (QED) is 0.681. The Morgan fingerprint density at radius 2 is 1.89 bits per heavy atom. The number of carbonyl (C=O) groups excluding carboxylic acids is 1. The smallest absolute Gasteiger partial charge is 0.262 e. The molecule has 6 nitrogen and oxygen atoms in total. The van der Waals surface area contributed by atoms with E-state index in [0.717, 1.165) is 16.0 Å². The fourth-order valence-electron chi connectivity index (χ4n) is 3.76. The number of carbonyl (C=O) groups is 1. The Kier molecular flexibility index (Phi) is 5.03. The molecule has 3 aromatic rings. The summed E-state index contributed by atoms with van der Waals surface area (Å²) < 4.78 is 7.11. The third-order valence-corrected chi connectivity index (χ3v) is 6.28. The van der Waals surface area contributed by atoms with Crippen molar-refractivity contribution in [2.75, 3.05) is 13.1 Å². The molecule has 0 radical (unpaired) electrons. The van der Waals surface area contributed by atoms with Gasteiger partial charge in [-0.25, -0.2) is 4.98 Å². The predicted octanol–water partition coefficient (Wildman–Crippen LogP) is 3.07. The van der Waals surface area contributed by atoms with Crippen molar-refractivity contribution in [2.45, 2.75) is 39.5 Å². The lowest BCUT2D eigenvalue weighted by molar-refractivity contribution is -0.143. The van der Waals surface area contributed by atoms with E-state index in [1.54, 1.807) is 4.90 Å². The Balaban J connectivity index is 1.66. The summed E-state index contributed by atoms with van der Waals surface area (Å²) in [6, 6.07) is 9.99. The molecule has 146 valence electrons. The van der Waals surface area contributed by atoms with Crippen molar-refractivity contribution in [1.29, 1.82) is 0 Å². The zero-order chi connectivity index (χ0) is 19.8. The Bertz CT molecular complexity index is 1060. The average molecular weight is 398 g/mol. The highest BCUT2D eigenvalue weighted by Gasteiger charge is 2.26. The van der Waals surface area contributed by atoms with Crippen LogP contribution in [-0.2, 0) is 16.1 Å². The average Bonchev–Trinajstić information content (AvgIpc) is 3.01. The van der Waals surface area contributed by atoms with Gasteiger partial charge in [-0.1, -0.05) is 30.3 Å². The molecule has 0 saturated carbocycles. The van der Waals surface area contributed by atoms with Gasteiger partial charge < -0.3 is 9.64 Å². The van der Waals surface area contributed by atoms with Gasteiger partial charge in [0.1, 0.15) is 11.4 Å². The van der Waals surface area contributed by atoms with E-state index >= 15 is 0 Å². The molecule has 2 unspecified atom stereocenters. The van der Waals surface area contributed by atoms with E-state index in [4.69, 9.17) is 4.74 Å². The Hall–Kier alpha value is -2.51. The molecule has 2 aromatic heterocycles. The highest BCUT2D eigenvalue weighted by molar-refractivity contribution is 7.22. The molecule has 4 rings (SSSR count). The van der Waals surface area contributed by atoms with Crippen LogP contribution in [0.15, 0.2) is 41.5 Å². The number of benzene rings is 1. The van der Waals surface area contributed by atoms with Crippen LogP contribution in [0.1, 0.15) is 19.4 Å². The minimum Gasteiger partial charge on any atom is -0.372 e. The van der Waals surface area contributed by atoms with Crippen molar-refractivity contribution in [3.05, 3.63) is 52.6 Å². The Morgan fingerprint density at radius 1 is 1.21 bits per heavy atom. The second-order valence-corrected chi connectivity index (χ2v) is 8.34. The van der Waals surface area contributed by atoms with Crippen molar-refractivity contribution < 1.29 is 9.53 Å². The van der Waals surface area contributed by atoms with Crippen LogP contribution in [0.5, 0.6) is 0 Å². The van der Waals surface area contributed by atoms with Gasteiger partial charge in [-0.15, -0.1) is 11.3 Å². The number of aromatic nitrogens is 2. The largest absolute Gasteiger partial charge is 0.372 e. The summed E-state index contributed by atoms with van der Waals surface area (Å²) in [7, 11) is 0. The van der Waals surface area contributed by atoms with Crippen LogP contribution in [0.2, 0.25) is 0 Å². The minimum absolute atomic E-state index is 0.00224. The maximum absolute atomic E-state index is 13.1. The molecule has 0 aliphatic carbocycles. The van der Waals surface area contributed by atoms with Crippen molar-refractivity contribution >= 4 is 27.5 Å². The third-order valence-electron chi connectivity index (χ3n) is 5.03. The number of fused-ring (bicyclic) bond motifs is 1.